The molecule has 2 N–H and O–H groups in total. The SMILES string of the molecule is COc1cc(-c2sncc2-c2ccc(SC)c(OP(=O)(O)O)c2)cc(OC)c1OC.COc1cc(-c2sncc2-c2ccc(SC)cc2)cc(OC)c1OC. The molecule has 0 radical (unpaired) electrons. The molecule has 0 aliphatic rings. The van der Waals surface area contributed by atoms with Crippen molar-refractivity contribution in [3.63, 3.8) is 0 Å². The number of ether oxygens (including phenoxy) is 6. The Balaban J connectivity index is 0.000000214. The zero-order valence-corrected chi connectivity index (χ0v) is 35.3. The molecule has 0 saturated carbocycles. The van der Waals surface area contributed by atoms with Crippen molar-refractivity contribution < 1.29 is 47.3 Å². The fourth-order valence-electron chi connectivity index (χ4n) is 5.55. The van der Waals surface area contributed by atoms with Crippen LogP contribution in [0.1, 0.15) is 0 Å². The van der Waals surface area contributed by atoms with E-state index in [2.05, 4.69) is 39.3 Å². The molecule has 6 rings (SSSR count). The van der Waals surface area contributed by atoms with Gasteiger partial charge in [-0.25, -0.2) is 4.57 Å². The summed E-state index contributed by atoms with van der Waals surface area (Å²) in [6.07, 6.45) is 7.47. The molecule has 0 bridgehead atoms. The lowest BCUT2D eigenvalue weighted by Gasteiger charge is -2.15. The number of thioether (sulfide) groups is 2. The maximum absolute atomic E-state index is 11.4. The average Bonchev–Trinajstić information content (AvgIpc) is 3.90. The fourth-order valence-corrected chi connectivity index (χ4v) is 8.44. The predicted octanol–water partition coefficient (Wildman–Crippen LogP) is 9.92. The van der Waals surface area contributed by atoms with E-state index in [4.69, 9.17) is 32.9 Å². The molecule has 2 heterocycles. The van der Waals surface area contributed by atoms with E-state index >= 15 is 0 Å². The zero-order chi connectivity index (χ0) is 39.7. The molecule has 0 unspecified atom stereocenters. The van der Waals surface area contributed by atoms with Crippen molar-refractivity contribution in [2.75, 3.05) is 55.2 Å². The van der Waals surface area contributed by atoms with Gasteiger partial charge in [0.1, 0.15) is 5.75 Å². The van der Waals surface area contributed by atoms with Crippen LogP contribution in [-0.4, -0.2) is 73.7 Å². The number of aromatic nitrogens is 2. The molecule has 0 atom stereocenters. The van der Waals surface area contributed by atoms with Crippen LogP contribution in [0.4, 0.5) is 0 Å². The molecule has 0 amide bonds. The Morgan fingerprint density at radius 2 is 0.964 bits per heavy atom. The highest BCUT2D eigenvalue weighted by Crippen LogP contribution is 2.48. The summed E-state index contributed by atoms with van der Waals surface area (Å²) in [4.78, 5) is 22.2. The standard InChI is InChI=1S/C19H20NO7PS2.C19H19NO3S2/c1-24-15-8-12(9-16(25-2)18(15)26-3)19-13(10-20-30-19)11-5-6-17(29-4)14(7-11)27-28(21,22)23;1-21-16-9-13(10-17(22-2)18(16)23-3)19-15(11-20-25-19)12-5-7-14(24-4)8-6-12/h5-10H,1-4H3,(H2,21,22,23);5-11H,1-4H3. The molecule has 17 heteroatoms. The smallest absolute Gasteiger partial charge is 0.493 e. The first kappa shape index (κ1) is 41.7. The van der Waals surface area contributed by atoms with Gasteiger partial charge < -0.3 is 32.9 Å². The van der Waals surface area contributed by atoms with Gasteiger partial charge in [-0.05, 0) is 95.2 Å². The summed E-state index contributed by atoms with van der Waals surface area (Å²) in [6, 6.07) is 21.2. The molecule has 55 heavy (non-hydrogen) atoms. The van der Waals surface area contributed by atoms with Crippen LogP contribution in [0, 0.1) is 0 Å². The van der Waals surface area contributed by atoms with Crippen molar-refractivity contribution in [3.8, 4) is 83.4 Å². The van der Waals surface area contributed by atoms with Gasteiger partial charge in [-0.3, -0.25) is 9.79 Å². The molecule has 12 nitrogen and oxygen atoms in total. The van der Waals surface area contributed by atoms with Gasteiger partial charge in [0.05, 0.1) is 52.4 Å². The number of nitrogens with zero attached hydrogens (tertiary/aromatic N) is 2. The molecule has 2 aromatic heterocycles. The molecule has 4 aromatic carbocycles. The molecular weight excluding hydrogens is 804 g/mol. The maximum Gasteiger partial charge on any atom is 0.524 e. The summed E-state index contributed by atoms with van der Waals surface area (Å²) in [5, 5.41) is 0. The van der Waals surface area contributed by atoms with Crippen LogP contribution in [0.5, 0.6) is 40.2 Å². The van der Waals surface area contributed by atoms with Gasteiger partial charge >= 0.3 is 7.82 Å². The largest absolute Gasteiger partial charge is 0.524 e. The topological polar surface area (TPSA) is 148 Å². The highest BCUT2D eigenvalue weighted by Gasteiger charge is 2.22. The number of hydrogen-bond donors (Lipinski definition) is 2. The summed E-state index contributed by atoms with van der Waals surface area (Å²) in [5.74, 6) is 3.46. The van der Waals surface area contributed by atoms with E-state index in [0.29, 0.717) is 45.0 Å². The third-order valence-electron chi connectivity index (χ3n) is 8.09. The van der Waals surface area contributed by atoms with E-state index < -0.39 is 7.82 Å². The highest BCUT2D eigenvalue weighted by atomic mass is 32.2. The molecule has 0 saturated heterocycles. The summed E-state index contributed by atoms with van der Waals surface area (Å²) in [7, 11) is 4.77. The number of methoxy groups -OCH3 is 6. The van der Waals surface area contributed by atoms with Gasteiger partial charge in [0.15, 0.2) is 23.0 Å². The van der Waals surface area contributed by atoms with E-state index in [9.17, 15) is 14.4 Å². The van der Waals surface area contributed by atoms with Crippen LogP contribution in [0.3, 0.4) is 0 Å². The Morgan fingerprint density at radius 1 is 0.545 bits per heavy atom. The van der Waals surface area contributed by atoms with Gasteiger partial charge in [-0.15, -0.1) is 23.5 Å². The summed E-state index contributed by atoms with van der Waals surface area (Å²) in [6.45, 7) is 0. The molecule has 0 aliphatic heterocycles. The van der Waals surface area contributed by atoms with Crippen LogP contribution >= 0.6 is 54.4 Å². The van der Waals surface area contributed by atoms with Gasteiger partial charge in [0, 0.05) is 44.4 Å². The number of phosphoric acid groups is 1. The lowest BCUT2D eigenvalue weighted by molar-refractivity contribution is 0.281. The lowest BCUT2D eigenvalue weighted by Crippen LogP contribution is -1.95. The minimum Gasteiger partial charge on any atom is -0.493 e. The van der Waals surface area contributed by atoms with Crippen LogP contribution < -0.4 is 32.9 Å². The summed E-state index contributed by atoms with van der Waals surface area (Å²) in [5.41, 5.74) is 5.49. The van der Waals surface area contributed by atoms with Crippen molar-refractivity contribution >= 4 is 54.4 Å². The van der Waals surface area contributed by atoms with Gasteiger partial charge in [0.25, 0.3) is 0 Å². The first-order valence-corrected chi connectivity index (χ1v) is 21.6. The van der Waals surface area contributed by atoms with Crippen molar-refractivity contribution in [1.29, 1.82) is 0 Å². The van der Waals surface area contributed by atoms with Crippen LogP contribution in [0.25, 0.3) is 43.1 Å². The van der Waals surface area contributed by atoms with E-state index in [-0.39, 0.29) is 5.75 Å². The van der Waals surface area contributed by atoms with E-state index in [1.807, 2.05) is 36.5 Å². The first-order valence-electron chi connectivity index (χ1n) is 16.1. The van der Waals surface area contributed by atoms with Crippen LogP contribution in [0.2, 0.25) is 0 Å². The summed E-state index contributed by atoms with van der Waals surface area (Å²) >= 11 is 5.79. The van der Waals surface area contributed by atoms with Crippen molar-refractivity contribution in [3.05, 3.63) is 79.1 Å². The minimum absolute atomic E-state index is 0.107. The average molecular weight is 843 g/mol. The highest BCUT2D eigenvalue weighted by molar-refractivity contribution is 7.98. The Bertz CT molecular complexity index is 2220. The number of hydrogen-bond acceptors (Lipinski definition) is 14. The van der Waals surface area contributed by atoms with E-state index in [1.165, 1.54) is 46.8 Å². The Labute approximate surface area is 336 Å². The van der Waals surface area contributed by atoms with E-state index in [1.54, 1.807) is 71.9 Å². The maximum atomic E-state index is 11.4. The second-order valence-electron chi connectivity index (χ2n) is 11.1. The Hall–Kier alpha value is -4.41. The second-order valence-corrected chi connectivity index (χ2v) is 15.6. The predicted molar refractivity (Wildman–Crippen MR) is 222 cm³/mol. The third kappa shape index (κ3) is 9.70. The van der Waals surface area contributed by atoms with Crippen LogP contribution in [-0.2, 0) is 4.57 Å². The fraction of sp³-hybridized carbons (Fsp3) is 0.211. The van der Waals surface area contributed by atoms with Crippen molar-refractivity contribution in [2.45, 2.75) is 9.79 Å². The van der Waals surface area contributed by atoms with Gasteiger partial charge in [-0.2, -0.15) is 8.75 Å². The van der Waals surface area contributed by atoms with Crippen molar-refractivity contribution in [1.82, 2.24) is 8.75 Å². The van der Waals surface area contributed by atoms with Gasteiger partial charge in [-0.1, -0.05) is 18.2 Å². The quantitative estimate of drug-likeness (QED) is 0.0792. The summed E-state index contributed by atoms with van der Waals surface area (Å²) < 4.78 is 57.6. The Kier molecular flexibility index (Phi) is 14.4. The normalized spacial score (nSPS) is 10.9. The first-order chi connectivity index (χ1) is 26.5. The molecule has 0 aliphatic carbocycles. The lowest BCUT2D eigenvalue weighted by atomic mass is 10.0. The number of rotatable bonds is 14. The third-order valence-corrected chi connectivity index (χ3v) is 11.7. The van der Waals surface area contributed by atoms with Crippen LogP contribution in [0.15, 0.2) is 88.9 Å². The van der Waals surface area contributed by atoms with Gasteiger partial charge in [0.2, 0.25) is 11.5 Å². The molecular formula is C38H39N2O10PS4. The Morgan fingerprint density at radius 3 is 1.35 bits per heavy atom. The molecule has 0 spiro atoms. The molecule has 6 aromatic rings. The van der Waals surface area contributed by atoms with E-state index in [0.717, 1.165) is 37.6 Å². The number of benzene rings is 4. The molecule has 0 fully saturated rings. The monoisotopic (exact) mass is 842 g/mol. The number of phosphoric ester groups is 1. The van der Waals surface area contributed by atoms with Crippen molar-refractivity contribution in [2.24, 2.45) is 0 Å². The minimum atomic E-state index is -4.70. The zero-order valence-electron chi connectivity index (χ0n) is 31.1. The molecule has 290 valence electrons. The second kappa shape index (κ2) is 19.0.